The average molecular weight is 715 g/mol. The number of ether oxygens (including phenoxy) is 1. The van der Waals surface area contributed by atoms with Gasteiger partial charge >= 0.3 is 0 Å². The molecule has 0 atom stereocenters. The molecule has 0 amide bonds. The van der Waals surface area contributed by atoms with Gasteiger partial charge in [-0.1, -0.05) is 133 Å². The highest BCUT2D eigenvalue weighted by molar-refractivity contribution is 6.94. The molecule has 270 valence electrons. The molecule has 0 spiro atoms. The Hall–Kier alpha value is -6.00. The van der Waals surface area contributed by atoms with E-state index in [4.69, 9.17) is 11.3 Å². The van der Waals surface area contributed by atoms with Crippen molar-refractivity contribution in [2.75, 3.05) is 9.80 Å². The van der Waals surface area contributed by atoms with Crippen LogP contribution in [0.25, 0.3) is 0 Å². The van der Waals surface area contributed by atoms with Crippen molar-refractivity contribution in [1.82, 2.24) is 0 Å². The number of benzene rings is 5. The number of fused-ring (bicyclic) bond motifs is 4. The molecule has 55 heavy (non-hydrogen) atoms. The summed E-state index contributed by atoms with van der Waals surface area (Å²) in [5.41, 5.74) is 16.6. The Bertz CT molecular complexity index is 2440. The van der Waals surface area contributed by atoms with Crippen LogP contribution in [0.2, 0.25) is 0 Å². The summed E-state index contributed by atoms with van der Waals surface area (Å²) in [7, 11) is 0. The zero-order chi connectivity index (χ0) is 38.1. The summed E-state index contributed by atoms with van der Waals surface area (Å²) < 4.78 is 7.00. The minimum absolute atomic E-state index is 0.0450. The van der Waals surface area contributed by atoms with Crippen molar-refractivity contribution < 1.29 is 4.74 Å². The minimum atomic E-state index is -0.0450. The monoisotopic (exact) mass is 714 g/mol. The summed E-state index contributed by atoms with van der Waals surface area (Å²) in [5, 5.41) is 0. The van der Waals surface area contributed by atoms with Gasteiger partial charge in [-0.05, 0) is 116 Å². The van der Waals surface area contributed by atoms with Crippen molar-refractivity contribution in [3.8, 4) is 11.5 Å². The summed E-state index contributed by atoms with van der Waals surface area (Å²) in [6.45, 7) is 18.3. The smallest absolute Gasteiger partial charge is 0.256 e. The fraction of sp³-hybridized carbons (Fsp3) is 0.176. The summed E-state index contributed by atoms with van der Waals surface area (Å²) >= 11 is 0. The molecule has 0 unspecified atom stereocenters. The maximum absolute atomic E-state index is 7.00. The zero-order valence-electron chi connectivity index (χ0n) is 32.7. The van der Waals surface area contributed by atoms with Crippen molar-refractivity contribution in [2.45, 2.75) is 58.8 Å². The van der Waals surface area contributed by atoms with Crippen LogP contribution in [0.3, 0.4) is 0 Å². The molecular weight excluding hydrogens is 667 g/mol. The Morgan fingerprint density at radius 3 is 1.98 bits per heavy atom. The highest BCUT2D eigenvalue weighted by atomic mass is 16.5. The molecule has 0 aromatic heterocycles. The maximum atomic E-state index is 7.00. The van der Waals surface area contributed by atoms with Gasteiger partial charge in [-0.15, -0.1) is 0 Å². The van der Waals surface area contributed by atoms with Gasteiger partial charge in [0.1, 0.15) is 11.5 Å². The average Bonchev–Trinajstić information content (AvgIpc) is 3.46. The molecule has 0 bridgehead atoms. The van der Waals surface area contributed by atoms with Crippen LogP contribution in [-0.2, 0) is 10.8 Å². The lowest BCUT2D eigenvalue weighted by atomic mass is 9.32. The number of allylic oxidation sites excluding steroid dienone is 10. The van der Waals surface area contributed by atoms with Crippen LogP contribution in [0.1, 0.15) is 59.1 Å². The van der Waals surface area contributed by atoms with Crippen LogP contribution in [-0.4, -0.2) is 6.71 Å². The first-order chi connectivity index (χ1) is 26.5. The molecule has 5 aromatic rings. The molecule has 2 heterocycles. The Labute approximate surface area is 327 Å². The largest absolute Gasteiger partial charge is 0.458 e. The Morgan fingerprint density at radius 2 is 1.33 bits per heavy atom. The zero-order valence-corrected chi connectivity index (χ0v) is 32.7. The summed E-state index contributed by atoms with van der Waals surface area (Å²) in [5.74, 6) is 1.76. The predicted octanol–water partition coefficient (Wildman–Crippen LogP) is 12.3. The fourth-order valence-electron chi connectivity index (χ4n) is 8.53. The first kappa shape index (κ1) is 34.8. The van der Waals surface area contributed by atoms with E-state index < -0.39 is 0 Å². The Kier molecular flexibility index (Phi) is 8.27. The lowest BCUT2D eigenvalue weighted by Crippen LogP contribution is -2.53. The quantitative estimate of drug-likeness (QED) is 0.172. The second-order valence-electron chi connectivity index (χ2n) is 17.1. The first-order valence-electron chi connectivity index (χ1n) is 19.5. The number of rotatable bonds is 4. The second-order valence-corrected chi connectivity index (χ2v) is 17.1. The number of hydrogen-bond acceptors (Lipinski definition) is 3. The molecule has 0 fully saturated rings. The molecule has 5 aromatic carbocycles. The van der Waals surface area contributed by atoms with Crippen molar-refractivity contribution in [3.05, 3.63) is 197 Å². The van der Waals surface area contributed by atoms with Gasteiger partial charge in [-0.2, -0.15) is 0 Å². The standard InChI is InChI=1S/C51H47BN2O/c1-34-31-35-15-10-8-11-16-36(35)32-45-48(34)52-43-30-29-42(33-47(43)55-46-20-14-19-44(49(46)52)54(45)39-17-12-9-13-18-39)53(40-25-21-37(22-26-40)50(2,3)4)41-27-23-38(24-28-41)51(5,6)7/h8-31,33H,1,32H2,2-7H3. The van der Waals surface area contributed by atoms with E-state index in [9.17, 15) is 0 Å². The number of para-hydroxylation sites is 1. The minimum Gasteiger partial charge on any atom is -0.458 e. The molecule has 0 saturated heterocycles. The van der Waals surface area contributed by atoms with Crippen LogP contribution in [0.4, 0.5) is 28.4 Å². The van der Waals surface area contributed by atoms with Crippen molar-refractivity contribution in [1.29, 1.82) is 0 Å². The van der Waals surface area contributed by atoms with Crippen molar-refractivity contribution >= 4 is 46.1 Å². The lowest BCUT2D eigenvalue weighted by Gasteiger charge is -2.42. The van der Waals surface area contributed by atoms with E-state index in [1.54, 1.807) is 0 Å². The molecule has 4 heteroatoms. The van der Waals surface area contributed by atoms with Crippen LogP contribution >= 0.6 is 0 Å². The third-order valence-electron chi connectivity index (χ3n) is 11.4. The van der Waals surface area contributed by atoms with E-state index >= 15 is 0 Å². The fourth-order valence-corrected chi connectivity index (χ4v) is 8.53. The van der Waals surface area contributed by atoms with Gasteiger partial charge in [0, 0.05) is 46.6 Å². The second kappa shape index (κ2) is 13.1. The van der Waals surface area contributed by atoms with Gasteiger partial charge in [0.25, 0.3) is 6.71 Å². The SMILES string of the molecule is C=C1C=C2C=CC=CC=C2CC2=C1B1c3ccc(N(c4ccc(C(C)(C)C)cc4)c4ccc(C(C)(C)C)cc4)cc3Oc3cccc(c31)N2c1ccccc1. The highest BCUT2D eigenvalue weighted by Gasteiger charge is 2.44. The van der Waals surface area contributed by atoms with Crippen LogP contribution in [0.15, 0.2) is 186 Å². The van der Waals surface area contributed by atoms with E-state index in [1.165, 1.54) is 38.9 Å². The summed E-state index contributed by atoms with van der Waals surface area (Å²) in [6.07, 6.45) is 13.9. The lowest BCUT2D eigenvalue weighted by molar-refractivity contribution is 0.487. The van der Waals surface area contributed by atoms with Gasteiger partial charge in [-0.25, -0.2) is 0 Å². The summed E-state index contributed by atoms with van der Waals surface area (Å²) in [4.78, 5) is 4.80. The van der Waals surface area contributed by atoms with Gasteiger partial charge in [-0.3, -0.25) is 0 Å². The first-order valence-corrected chi connectivity index (χ1v) is 19.5. The van der Waals surface area contributed by atoms with E-state index in [0.29, 0.717) is 0 Å². The van der Waals surface area contributed by atoms with E-state index in [-0.39, 0.29) is 17.5 Å². The molecule has 0 saturated carbocycles. The number of hydrogen-bond donors (Lipinski definition) is 0. The van der Waals surface area contributed by atoms with Gasteiger partial charge in [0.05, 0.1) is 0 Å². The number of nitrogens with zero attached hydrogens (tertiary/aromatic N) is 2. The topological polar surface area (TPSA) is 15.7 Å². The Morgan fingerprint density at radius 1 is 0.673 bits per heavy atom. The van der Waals surface area contributed by atoms with Crippen LogP contribution < -0.4 is 25.5 Å². The normalized spacial score (nSPS) is 15.9. The van der Waals surface area contributed by atoms with Gasteiger partial charge < -0.3 is 14.5 Å². The highest BCUT2D eigenvalue weighted by Crippen LogP contribution is 2.47. The third kappa shape index (κ3) is 6.10. The summed E-state index contributed by atoms with van der Waals surface area (Å²) in [6, 6.07) is 42.1. The van der Waals surface area contributed by atoms with Crippen molar-refractivity contribution in [2.24, 2.45) is 0 Å². The molecule has 3 nitrogen and oxygen atoms in total. The van der Waals surface area contributed by atoms with E-state index in [2.05, 4.69) is 203 Å². The molecular formula is C51H47BN2O. The molecule has 4 aliphatic rings. The Balaban J connectivity index is 1.22. The van der Waals surface area contributed by atoms with Gasteiger partial charge in [0.2, 0.25) is 0 Å². The molecule has 0 radical (unpaired) electrons. The third-order valence-corrected chi connectivity index (χ3v) is 11.4. The van der Waals surface area contributed by atoms with Crippen LogP contribution in [0.5, 0.6) is 11.5 Å². The van der Waals surface area contributed by atoms with E-state index in [0.717, 1.165) is 57.4 Å². The van der Waals surface area contributed by atoms with Gasteiger partial charge in [0.15, 0.2) is 0 Å². The molecule has 2 aliphatic carbocycles. The maximum Gasteiger partial charge on any atom is 0.256 e. The molecule has 2 aliphatic heterocycles. The molecule has 0 N–H and O–H groups in total. The van der Waals surface area contributed by atoms with E-state index in [1.807, 2.05) is 0 Å². The predicted molar refractivity (Wildman–Crippen MR) is 234 cm³/mol. The van der Waals surface area contributed by atoms with Crippen molar-refractivity contribution in [3.63, 3.8) is 0 Å². The number of anilines is 5. The molecule has 9 rings (SSSR count). The van der Waals surface area contributed by atoms with Crippen LogP contribution in [0, 0.1) is 0 Å².